The van der Waals surface area contributed by atoms with Crippen molar-refractivity contribution in [2.45, 2.75) is 4.90 Å². The summed E-state index contributed by atoms with van der Waals surface area (Å²) >= 11 is 6.72. The molecule has 0 saturated carbocycles. The van der Waals surface area contributed by atoms with E-state index in [9.17, 15) is 9.18 Å². The molecule has 0 unspecified atom stereocenters. The van der Waals surface area contributed by atoms with Gasteiger partial charge < -0.3 is 5.11 Å². The summed E-state index contributed by atoms with van der Waals surface area (Å²) in [5, 5.41) is 8.62. The minimum absolute atomic E-state index is 0.0780. The Morgan fingerprint density at radius 3 is 2.85 bits per heavy atom. The van der Waals surface area contributed by atoms with Crippen LogP contribution in [0.4, 0.5) is 4.39 Å². The molecule has 0 saturated heterocycles. The average Bonchev–Trinajstić information content (AvgIpc) is 2.02. The van der Waals surface area contributed by atoms with Crippen LogP contribution < -0.4 is 0 Å². The van der Waals surface area contributed by atoms with E-state index in [2.05, 4.69) is 0 Å². The first-order valence-electron chi connectivity index (χ1n) is 3.39. The van der Waals surface area contributed by atoms with Crippen molar-refractivity contribution in [1.29, 1.82) is 0 Å². The van der Waals surface area contributed by atoms with Gasteiger partial charge in [-0.15, -0.1) is 11.8 Å². The Morgan fingerprint density at radius 2 is 2.31 bits per heavy atom. The smallest absolute Gasteiger partial charge is 0.313 e. The largest absolute Gasteiger partial charge is 0.481 e. The van der Waals surface area contributed by atoms with Crippen LogP contribution in [0.2, 0.25) is 5.02 Å². The van der Waals surface area contributed by atoms with E-state index < -0.39 is 11.8 Å². The first kappa shape index (κ1) is 10.3. The van der Waals surface area contributed by atoms with Crippen LogP contribution >= 0.6 is 23.4 Å². The van der Waals surface area contributed by atoms with Crippen LogP contribution in [0, 0.1) is 5.82 Å². The van der Waals surface area contributed by atoms with E-state index in [-0.39, 0.29) is 10.8 Å². The van der Waals surface area contributed by atoms with Gasteiger partial charge >= 0.3 is 5.97 Å². The number of hydrogen-bond donors (Lipinski definition) is 1. The molecule has 0 aliphatic rings. The van der Waals surface area contributed by atoms with Crippen molar-refractivity contribution >= 4 is 29.3 Å². The third-order valence-electron chi connectivity index (χ3n) is 1.25. The number of rotatable bonds is 3. The lowest BCUT2D eigenvalue weighted by atomic mass is 10.3. The zero-order valence-corrected chi connectivity index (χ0v) is 8.03. The van der Waals surface area contributed by atoms with Gasteiger partial charge in [-0.2, -0.15) is 0 Å². The molecule has 0 aliphatic heterocycles. The third kappa shape index (κ3) is 3.24. The Bertz CT molecular complexity index is 330. The van der Waals surface area contributed by atoms with Crippen molar-refractivity contribution < 1.29 is 14.3 Å². The zero-order valence-electron chi connectivity index (χ0n) is 6.46. The van der Waals surface area contributed by atoms with Crippen molar-refractivity contribution in [2.75, 3.05) is 5.75 Å². The number of carboxylic acids is 1. The maximum absolute atomic E-state index is 12.5. The molecule has 0 fully saturated rings. The van der Waals surface area contributed by atoms with Crippen molar-refractivity contribution in [2.24, 2.45) is 0 Å². The van der Waals surface area contributed by atoms with Crippen molar-refractivity contribution in [3.05, 3.63) is 29.0 Å². The lowest BCUT2D eigenvalue weighted by Crippen LogP contribution is -1.97. The molecule has 1 N–H and O–H groups in total. The summed E-state index contributed by atoms with van der Waals surface area (Å²) in [7, 11) is 0. The summed E-state index contributed by atoms with van der Waals surface area (Å²) in [5.41, 5.74) is 0. The zero-order chi connectivity index (χ0) is 9.84. The molecule has 70 valence electrons. The Labute approximate surface area is 83.7 Å². The number of hydrogen-bond acceptors (Lipinski definition) is 2. The number of halogens is 2. The molecule has 0 aliphatic carbocycles. The van der Waals surface area contributed by atoms with E-state index in [0.717, 1.165) is 17.8 Å². The Morgan fingerprint density at radius 1 is 1.62 bits per heavy atom. The highest BCUT2D eigenvalue weighted by Crippen LogP contribution is 2.27. The van der Waals surface area contributed by atoms with Gasteiger partial charge in [-0.05, 0) is 18.2 Å². The molecule has 0 radical (unpaired) electrons. The molecule has 0 aromatic heterocycles. The van der Waals surface area contributed by atoms with Crippen LogP contribution in [-0.4, -0.2) is 16.8 Å². The van der Waals surface area contributed by atoms with Gasteiger partial charge in [0.2, 0.25) is 0 Å². The molecule has 2 nitrogen and oxygen atoms in total. The fraction of sp³-hybridized carbons (Fsp3) is 0.125. The summed E-state index contributed by atoms with van der Waals surface area (Å²) in [4.78, 5) is 10.8. The van der Waals surface area contributed by atoms with Gasteiger partial charge in [-0.25, -0.2) is 4.39 Å². The average molecular weight is 221 g/mol. The summed E-state index contributed by atoms with van der Waals surface area (Å²) in [6.45, 7) is 0. The van der Waals surface area contributed by atoms with Gasteiger partial charge in [-0.1, -0.05) is 11.6 Å². The molecule has 1 rings (SSSR count). The fourth-order valence-electron chi connectivity index (χ4n) is 0.732. The van der Waals surface area contributed by atoms with Gasteiger partial charge in [0.05, 0.1) is 10.8 Å². The standard InChI is InChI=1S/C8H6ClFO2S/c9-6-3-5(10)1-2-7(6)13-4-8(11)12/h1-3H,4H2,(H,11,12). The molecule has 5 heteroatoms. The molecule has 0 spiro atoms. The molecular weight excluding hydrogens is 215 g/mol. The molecule has 0 bridgehead atoms. The number of benzene rings is 1. The molecular formula is C8H6ClFO2S. The number of aliphatic carboxylic acids is 1. The Kier molecular flexibility index (Phi) is 3.57. The predicted octanol–water partition coefficient (Wildman–Crippen LogP) is 2.66. The van der Waals surface area contributed by atoms with E-state index in [1.807, 2.05) is 0 Å². The molecule has 0 atom stereocenters. The maximum atomic E-state index is 12.5. The third-order valence-corrected chi connectivity index (χ3v) is 2.73. The van der Waals surface area contributed by atoms with Crippen LogP contribution in [0.15, 0.2) is 23.1 Å². The monoisotopic (exact) mass is 220 g/mol. The van der Waals surface area contributed by atoms with E-state index in [1.54, 1.807) is 0 Å². The lowest BCUT2D eigenvalue weighted by Gasteiger charge is -2.00. The lowest BCUT2D eigenvalue weighted by molar-refractivity contribution is -0.133. The summed E-state index contributed by atoms with van der Waals surface area (Å²) in [6.07, 6.45) is 0. The van der Waals surface area contributed by atoms with Crippen LogP contribution in [0.25, 0.3) is 0 Å². The molecule has 13 heavy (non-hydrogen) atoms. The number of carboxylic acid groups (broad SMARTS) is 1. The molecule has 0 amide bonds. The summed E-state index contributed by atoms with van der Waals surface area (Å²) in [5.74, 6) is -1.43. The first-order valence-corrected chi connectivity index (χ1v) is 4.75. The Hall–Kier alpha value is -0.740. The molecule has 1 aromatic rings. The topological polar surface area (TPSA) is 37.3 Å². The van der Waals surface area contributed by atoms with Gasteiger partial charge in [-0.3, -0.25) is 4.79 Å². The first-order chi connectivity index (χ1) is 6.09. The van der Waals surface area contributed by atoms with Crippen LogP contribution in [-0.2, 0) is 4.79 Å². The number of thioether (sulfide) groups is 1. The van der Waals surface area contributed by atoms with Crippen LogP contribution in [0.3, 0.4) is 0 Å². The second kappa shape index (κ2) is 4.48. The highest BCUT2D eigenvalue weighted by atomic mass is 35.5. The minimum Gasteiger partial charge on any atom is -0.481 e. The van der Waals surface area contributed by atoms with Gasteiger partial charge in [0.25, 0.3) is 0 Å². The highest BCUT2D eigenvalue weighted by molar-refractivity contribution is 8.00. The Balaban J connectivity index is 2.72. The van der Waals surface area contributed by atoms with Crippen LogP contribution in [0.1, 0.15) is 0 Å². The number of carbonyl (C=O) groups is 1. The second-order valence-corrected chi connectivity index (χ2v) is 3.68. The SMILES string of the molecule is O=C(O)CSc1ccc(F)cc1Cl. The van der Waals surface area contributed by atoms with Crippen LogP contribution in [0.5, 0.6) is 0 Å². The van der Waals surface area contributed by atoms with E-state index in [4.69, 9.17) is 16.7 Å². The fourth-order valence-corrected chi connectivity index (χ4v) is 1.70. The van der Waals surface area contributed by atoms with Gasteiger partial charge in [0.1, 0.15) is 5.82 Å². The summed E-state index contributed by atoms with van der Waals surface area (Å²) in [6, 6.07) is 3.87. The summed E-state index contributed by atoms with van der Waals surface area (Å²) < 4.78 is 12.5. The van der Waals surface area contributed by atoms with Crippen molar-refractivity contribution in [3.8, 4) is 0 Å². The van der Waals surface area contributed by atoms with E-state index >= 15 is 0 Å². The normalized spacial score (nSPS) is 10.0. The highest BCUT2D eigenvalue weighted by Gasteiger charge is 2.04. The predicted molar refractivity (Wildman–Crippen MR) is 49.8 cm³/mol. The van der Waals surface area contributed by atoms with Crippen molar-refractivity contribution in [1.82, 2.24) is 0 Å². The second-order valence-electron chi connectivity index (χ2n) is 2.26. The molecule has 0 heterocycles. The van der Waals surface area contributed by atoms with Crippen molar-refractivity contribution in [3.63, 3.8) is 0 Å². The quantitative estimate of drug-likeness (QED) is 0.796. The van der Waals surface area contributed by atoms with Gasteiger partial charge in [0.15, 0.2) is 0 Å². The van der Waals surface area contributed by atoms with E-state index in [0.29, 0.717) is 4.90 Å². The van der Waals surface area contributed by atoms with E-state index in [1.165, 1.54) is 12.1 Å². The minimum atomic E-state index is -0.926. The maximum Gasteiger partial charge on any atom is 0.313 e. The molecule has 1 aromatic carbocycles. The van der Waals surface area contributed by atoms with Gasteiger partial charge in [0, 0.05) is 4.90 Å².